The van der Waals surface area contributed by atoms with E-state index in [2.05, 4.69) is 14.8 Å². The van der Waals surface area contributed by atoms with Crippen molar-refractivity contribution in [1.29, 1.82) is 0 Å². The maximum atomic E-state index is 13.0. The van der Waals surface area contributed by atoms with Crippen molar-refractivity contribution >= 4 is 17.5 Å². The van der Waals surface area contributed by atoms with Gasteiger partial charge < -0.3 is 4.57 Å². The molecule has 3 rings (SSSR count). The molecule has 1 aliphatic rings. The first kappa shape index (κ1) is 17.1. The van der Waals surface area contributed by atoms with Crippen molar-refractivity contribution in [2.45, 2.75) is 62.4 Å². The first-order valence-corrected chi connectivity index (χ1v) is 9.32. The highest BCUT2D eigenvalue weighted by Crippen LogP contribution is 2.34. The fraction of sp³-hybridized carbons (Fsp3) is 0.500. The lowest BCUT2D eigenvalue weighted by molar-refractivity contribution is 0.0993. The summed E-state index contributed by atoms with van der Waals surface area (Å²) in [6.45, 7) is 3.84. The number of aromatic nitrogens is 3. The zero-order valence-corrected chi connectivity index (χ0v) is 14.9. The molecule has 4 nitrogen and oxygen atoms in total. The molecule has 24 heavy (non-hydrogen) atoms. The zero-order chi connectivity index (χ0) is 17.1. The van der Waals surface area contributed by atoms with Crippen LogP contribution in [-0.2, 0) is 0 Å². The van der Waals surface area contributed by atoms with Crippen molar-refractivity contribution in [1.82, 2.24) is 14.8 Å². The Hall–Kier alpha value is -1.69. The molecule has 1 aromatic heterocycles. The van der Waals surface area contributed by atoms with E-state index in [0.29, 0.717) is 11.6 Å². The van der Waals surface area contributed by atoms with Crippen LogP contribution in [0, 0.1) is 12.7 Å². The summed E-state index contributed by atoms with van der Waals surface area (Å²) in [7, 11) is 0. The lowest BCUT2D eigenvalue weighted by Gasteiger charge is -2.25. The molecule has 0 saturated heterocycles. The van der Waals surface area contributed by atoms with Crippen molar-refractivity contribution < 1.29 is 9.18 Å². The van der Waals surface area contributed by atoms with Crippen molar-refractivity contribution in [3.63, 3.8) is 0 Å². The van der Waals surface area contributed by atoms with Crippen LogP contribution in [0.5, 0.6) is 0 Å². The lowest BCUT2D eigenvalue weighted by atomic mass is 9.95. The third-order valence-corrected chi connectivity index (χ3v) is 5.61. The van der Waals surface area contributed by atoms with Gasteiger partial charge in [-0.2, -0.15) is 0 Å². The SMILES string of the molecule is Cc1nnc(SC(C)C(=O)c2ccc(F)cc2)n1C1CCCCC1. The highest BCUT2D eigenvalue weighted by atomic mass is 32.2. The molecule has 1 unspecified atom stereocenters. The van der Waals surface area contributed by atoms with Gasteiger partial charge in [0.15, 0.2) is 10.9 Å². The van der Waals surface area contributed by atoms with Gasteiger partial charge in [-0.1, -0.05) is 31.0 Å². The Labute approximate surface area is 145 Å². The minimum atomic E-state index is -0.334. The van der Waals surface area contributed by atoms with Gasteiger partial charge in [0.2, 0.25) is 0 Å². The monoisotopic (exact) mass is 347 g/mol. The van der Waals surface area contributed by atoms with Crippen LogP contribution in [0.25, 0.3) is 0 Å². The van der Waals surface area contributed by atoms with E-state index in [9.17, 15) is 9.18 Å². The van der Waals surface area contributed by atoms with Gasteiger partial charge in [0, 0.05) is 11.6 Å². The summed E-state index contributed by atoms with van der Waals surface area (Å²) in [6, 6.07) is 6.14. The molecular weight excluding hydrogens is 325 g/mol. The highest BCUT2D eigenvalue weighted by Gasteiger charge is 2.25. The third kappa shape index (κ3) is 3.69. The molecule has 0 radical (unpaired) electrons. The number of carbonyl (C=O) groups is 1. The minimum Gasteiger partial charge on any atom is -0.303 e. The first-order valence-electron chi connectivity index (χ1n) is 8.44. The molecule has 128 valence electrons. The van der Waals surface area contributed by atoms with Crippen molar-refractivity contribution in [2.24, 2.45) is 0 Å². The van der Waals surface area contributed by atoms with Gasteiger partial charge in [0.1, 0.15) is 11.6 Å². The van der Waals surface area contributed by atoms with Crippen LogP contribution >= 0.6 is 11.8 Å². The van der Waals surface area contributed by atoms with Gasteiger partial charge in [-0.3, -0.25) is 4.79 Å². The van der Waals surface area contributed by atoms with Crippen LogP contribution in [-0.4, -0.2) is 25.8 Å². The predicted octanol–water partition coefficient (Wildman–Crippen LogP) is 4.59. The number of thioether (sulfide) groups is 1. The van der Waals surface area contributed by atoms with Crippen LogP contribution in [0.15, 0.2) is 29.4 Å². The molecule has 1 heterocycles. The number of ketones is 1. The molecule has 1 fully saturated rings. The Balaban J connectivity index is 1.75. The number of halogens is 1. The molecule has 1 saturated carbocycles. The standard InChI is InChI=1S/C18H22FN3OS/c1-12(17(23)14-8-10-15(19)11-9-14)24-18-21-20-13(2)22(18)16-6-4-3-5-7-16/h8-12,16H,3-7H2,1-2H3. The van der Waals surface area contributed by atoms with E-state index in [1.807, 2.05) is 13.8 Å². The fourth-order valence-electron chi connectivity index (χ4n) is 3.25. The average Bonchev–Trinajstić information content (AvgIpc) is 2.96. The second-order valence-electron chi connectivity index (χ2n) is 6.32. The van der Waals surface area contributed by atoms with Gasteiger partial charge in [0.05, 0.1) is 5.25 Å². The van der Waals surface area contributed by atoms with Crippen molar-refractivity contribution in [2.75, 3.05) is 0 Å². The van der Waals surface area contributed by atoms with Crippen molar-refractivity contribution in [3.05, 3.63) is 41.5 Å². The Morgan fingerprint density at radius 2 is 1.88 bits per heavy atom. The topological polar surface area (TPSA) is 47.8 Å². The maximum absolute atomic E-state index is 13.0. The molecule has 2 aromatic rings. The number of hydrogen-bond donors (Lipinski definition) is 0. The van der Waals surface area contributed by atoms with Gasteiger partial charge in [-0.15, -0.1) is 10.2 Å². The highest BCUT2D eigenvalue weighted by molar-refractivity contribution is 8.00. The zero-order valence-electron chi connectivity index (χ0n) is 14.0. The average molecular weight is 347 g/mol. The van der Waals surface area contributed by atoms with E-state index < -0.39 is 0 Å². The van der Waals surface area contributed by atoms with Crippen LogP contribution in [0.2, 0.25) is 0 Å². The Bertz CT molecular complexity index is 708. The number of Topliss-reactive ketones (excluding diaryl/α,β-unsaturated/α-hetero) is 1. The largest absolute Gasteiger partial charge is 0.303 e. The van der Waals surface area contributed by atoms with E-state index in [1.54, 1.807) is 0 Å². The number of rotatable bonds is 5. The summed E-state index contributed by atoms with van der Waals surface area (Å²) >= 11 is 1.44. The van der Waals surface area contributed by atoms with Crippen LogP contribution < -0.4 is 0 Å². The molecular formula is C18H22FN3OS. The van der Waals surface area contributed by atoms with E-state index >= 15 is 0 Å². The smallest absolute Gasteiger partial charge is 0.192 e. The molecule has 0 aliphatic heterocycles. The molecule has 1 aromatic carbocycles. The van der Waals surface area contributed by atoms with Gasteiger partial charge >= 0.3 is 0 Å². The Morgan fingerprint density at radius 1 is 1.21 bits per heavy atom. The molecule has 0 amide bonds. The molecule has 0 N–H and O–H groups in total. The number of carbonyl (C=O) groups excluding carboxylic acids is 1. The second kappa shape index (κ2) is 7.47. The maximum Gasteiger partial charge on any atom is 0.192 e. The quantitative estimate of drug-likeness (QED) is 0.586. The van der Waals surface area contributed by atoms with Crippen LogP contribution in [0.4, 0.5) is 4.39 Å². The minimum absolute atomic E-state index is 0.0177. The van der Waals surface area contributed by atoms with E-state index in [4.69, 9.17) is 0 Å². The summed E-state index contributed by atoms with van der Waals surface area (Å²) < 4.78 is 15.2. The van der Waals surface area contributed by atoms with E-state index in [-0.39, 0.29) is 16.9 Å². The fourth-order valence-corrected chi connectivity index (χ4v) is 4.29. The molecule has 1 aliphatic carbocycles. The summed E-state index contributed by atoms with van der Waals surface area (Å²) in [6.07, 6.45) is 6.05. The van der Waals surface area contributed by atoms with Gasteiger partial charge in [0.25, 0.3) is 0 Å². The molecule has 0 spiro atoms. The van der Waals surface area contributed by atoms with Crippen molar-refractivity contribution in [3.8, 4) is 0 Å². The number of benzene rings is 1. The number of hydrogen-bond acceptors (Lipinski definition) is 4. The number of aryl methyl sites for hydroxylation is 1. The predicted molar refractivity (Wildman–Crippen MR) is 92.9 cm³/mol. The Kier molecular flexibility index (Phi) is 5.33. The van der Waals surface area contributed by atoms with Crippen LogP contribution in [0.1, 0.15) is 61.3 Å². The van der Waals surface area contributed by atoms with Crippen LogP contribution in [0.3, 0.4) is 0 Å². The molecule has 1 atom stereocenters. The molecule has 0 bridgehead atoms. The summed E-state index contributed by atoms with van der Waals surface area (Å²) in [4.78, 5) is 12.6. The summed E-state index contributed by atoms with van der Waals surface area (Å²) in [5.41, 5.74) is 0.525. The first-order chi connectivity index (χ1) is 11.6. The number of nitrogens with zero attached hydrogens (tertiary/aromatic N) is 3. The Morgan fingerprint density at radius 3 is 2.54 bits per heavy atom. The van der Waals surface area contributed by atoms with E-state index in [0.717, 1.165) is 23.8 Å². The second-order valence-corrected chi connectivity index (χ2v) is 7.63. The van der Waals surface area contributed by atoms with Gasteiger partial charge in [-0.05, 0) is 51.0 Å². The normalized spacial score (nSPS) is 17.0. The summed E-state index contributed by atoms with van der Waals surface area (Å²) in [5, 5.41) is 9.02. The molecule has 6 heteroatoms. The van der Waals surface area contributed by atoms with Gasteiger partial charge in [-0.25, -0.2) is 4.39 Å². The van der Waals surface area contributed by atoms with E-state index in [1.165, 1.54) is 55.3 Å². The third-order valence-electron chi connectivity index (χ3n) is 4.55. The lowest BCUT2D eigenvalue weighted by Crippen LogP contribution is -2.18. The summed E-state index contributed by atoms with van der Waals surface area (Å²) in [5.74, 6) is 0.557.